The van der Waals surface area contributed by atoms with Crippen molar-refractivity contribution in [3.05, 3.63) is 0 Å². The first-order valence-corrected chi connectivity index (χ1v) is 6.33. The Kier molecular flexibility index (Phi) is 4.45. The summed E-state index contributed by atoms with van der Waals surface area (Å²) >= 11 is 0. The summed E-state index contributed by atoms with van der Waals surface area (Å²) in [5.74, 6) is 0. The standard InChI is InChI=1S/C13H23NO5/c1-12(2,3)18-10(15)14(7-9-8-17-9)11(16)19-13(4,5)6/h9H,7-8H2,1-6H3. The van der Waals surface area contributed by atoms with Crippen LogP contribution in [0.25, 0.3) is 0 Å². The molecule has 0 aromatic heterocycles. The molecule has 110 valence electrons. The maximum atomic E-state index is 12.0. The monoisotopic (exact) mass is 273 g/mol. The van der Waals surface area contributed by atoms with Crippen molar-refractivity contribution < 1.29 is 23.8 Å². The van der Waals surface area contributed by atoms with Gasteiger partial charge in [-0.3, -0.25) is 0 Å². The van der Waals surface area contributed by atoms with Gasteiger partial charge in [-0.05, 0) is 41.5 Å². The van der Waals surface area contributed by atoms with Crippen LogP contribution in [0.15, 0.2) is 0 Å². The first-order chi connectivity index (χ1) is 8.48. The third kappa shape index (κ3) is 6.42. The summed E-state index contributed by atoms with van der Waals surface area (Å²) in [7, 11) is 0. The maximum absolute atomic E-state index is 12.0. The molecule has 2 amide bonds. The molecule has 6 heteroatoms. The largest absolute Gasteiger partial charge is 0.443 e. The molecule has 1 aliphatic rings. The van der Waals surface area contributed by atoms with E-state index in [0.29, 0.717) is 6.61 Å². The number of rotatable bonds is 2. The molecule has 1 rings (SSSR count). The van der Waals surface area contributed by atoms with E-state index in [1.54, 1.807) is 41.5 Å². The topological polar surface area (TPSA) is 68.4 Å². The molecular weight excluding hydrogens is 250 g/mol. The van der Waals surface area contributed by atoms with Gasteiger partial charge in [-0.25, -0.2) is 14.5 Å². The van der Waals surface area contributed by atoms with Crippen molar-refractivity contribution in [3.63, 3.8) is 0 Å². The average molecular weight is 273 g/mol. The van der Waals surface area contributed by atoms with Crippen molar-refractivity contribution >= 4 is 12.2 Å². The first-order valence-electron chi connectivity index (χ1n) is 6.33. The van der Waals surface area contributed by atoms with Gasteiger partial charge in [-0.1, -0.05) is 0 Å². The summed E-state index contributed by atoms with van der Waals surface area (Å²) in [6.45, 7) is 11.2. The lowest BCUT2D eigenvalue weighted by Gasteiger charge is -2.28. The predicted molar refractivity (Wildman–Crippen MR) is 68.9 cm³/mol. The van der Waals surface area contributed by atoms with Crippen LogP contribution in [0.4, 0.5) is 9.59 Å². The maximum Gasteiger partial charge on any atom is 0.419 e. The SMILES string of the molecule is CC(C)(C)OC(=O)N(CC1CO1)C(=O)OC(C)(C)C. The van der Waals surface area contributed by atoms with Crippen LogP contribution < -0.4 is 0 Å². The molecule has 0 spiro atoms. The smallest absolute Gasteiger partial charge is 0.419 e. The number of hydrogen-bond donors (Lipinski definition) is 0. The summed E-state index contributed by atoms with van der Waals surface area (Å²) in [6.07, 6.45) is -1.53. The zero-order chi connectivity index (χ0) is 14.8. The van der Waals surface area contributed by atoms with Crippen molar-refractivity contribution in [3.8, 4) is 0 Å². The van der Waals surface area contributed by atoms with Gasteiger partial charge in [0.15, 0.2) is 0 Å². The number of ether oxygens (including phenoxy) is 3. The van der Waals surface area contributed by atoms with Gasteiger partial charge in [0.25, 0.3) is 0 Å². The van der Waals surface area contributed by atoms with Crippen LogP contribution >= 0.6 is 0 Å². The Morgan fingerprint density at radius 2 is 1.42 bits per heavy atom. The lowest BCUT2D eigenvalue weighted by molar-refractivity contribution is 0.000272. The van der Waals surface area contributed by atoms with E-state index >= 15 is 0 Å². The van der Waals surface area contributed by atoms with E-state index in [9.17, 15) is 9.59 Å². The highest BCUT2D eigenvalue weighted by molar-refractivity contribution is 5.88. The van der Waals surface area contributed by atoms with Gasteiger partial charge < -0.3 is 14.2 Å². The minimum atomic E-state index is -0.711. The summed E-state index contributed by atoms with van der Waals surface area (Å²) in [6, 6.07) is 0. The van der Waals surface area contributed by atoms with Crippen molar-refractivity contribution in [2.75, 3.05) is 13.2 Å². The van der Waals surface area contributed by atoms with Crippen molar-refractivity contribution in [2.45, 2.75) is 58.8 Å². The van der Waals surface area contributed by atoms with Gasteiger partial charge in [0.05, 0.1) is 19.3 Å². The fraction of sp³-hybridized carbons (Fsp3) is 0.846. The van der Waals surface area contributed by atoms with Crippen LogP contribution in [-0.2, 0) is 14.2 Å². The lowest BCUT2D eigenvalue weighted by Crippen LogP contribution is -2.45. The number of hydrogen-bond acceptors (Lipinski definition) is 5. The van der Waals surface area contributed by atoms with Gasteiger partial charge in [0.1, 0.15) is 11.2 Å². The highest BCUT2D eigenvalue weighted by Gasteiger charge is 2.36. The molecule has 1 atom stereocenters. The van der Waals surface area contributed by atoms with Gasteiger partial charge in [0, 0.05) is 0 Å². The van der Waals surface area contributed by atoms with E-state index in [1.165, 1.54) is 0 Å². The summed E-state index contributed by atoms with van der Waals surface area (Å²) in [5, 5.41) is 0. The molecule has 0 radical (unpaired) electrons. The Bertz CT molecular complexity index is 321. The van der Waals surface area contributed by atoms with Crippen LogP contribution in [0.1, 0.15) is 41.5 Å². The highest BCUT2D eigenvalue weighted by atomic mass is 16.6. The van der Waals surface area contributed by atoms with Crippen LogP contribution in [0, 0.1) is 0 Å². The molecule has 0 saturated carbocycles. The van der Waals surface area contributed by atoms with Crippen molar-refractivity contribution in [1.29, 1.82) is 0 Å². The molecule has 0 N–H and O–H groups in total. The van der Waals surface area contributed by atoms with Crippen LogP contribution in [0.5, 0.6) is 0 Å². The molecular formula is C13H23NO5. The molecule has 0 bridgehead atoms. The molecule has 19 heavy (non-hydrogen) atoms. The quantitative estimate of drug-likeness (QED) is 0.723. The molecule has 0 aromatic rings. The molecule has 1 aliphatic heterocycles. The molecule has 1 unspecified atom stereocenters. The summed E-state index contributed by atoms with van der Waals surface area (Å²) in [5.41, 5.74) is -1.33. The first kappa shape index (κ1) is 15.8. The van der Waals surface area contributed by atoms with Crippen LogP contribution in [-0.4, -0.2) is 47.5 Å². The highest BCUT2D eigenvalue weighted by Crippen LogP contribution is 2.18. The second kappa shape index (κ2) is 5.36. The molecule has 0 aromatic carbocycles. The number of nitrogens with zero attached hydrogens (tertiary/aromatic N) is 1. The molecule has 0 aliphatic carbocycles. The fourth-order valence-electron chi connectivity index (χ4n) is 1.23. The Balaban J connectivity index is 2.70. The minimum Gasteiger partial charge on any atom is -0.443 e. The summed E-state index contributed by atoms with van der Waals surface area (Å²) < 4.78 is 15.4. The Morgan fingerprint density at radius 1 is 1.05 bits per heavy atom. The molecule has 1 saturated heterocycles. The molecule has 1 fully saturated rings. The van der Waals surface area contributed by atoms with Crippen molar-refractivity contribution in [2.24, 2.45) is 0 Å². The lowest BCUT2D eigenvalue weighted by atomic mass is 10.2. The van der Waals surface area contributed by atoms with E-state index in [4.69, 9.17) is 14.2 Å². The zero-order valence-corrected chi connectivity index (χ0v) is 12.5. The Hall–Kier alpha value is -1.30. The van der Waals surface area contributed by atoms with Crippen molar-refractivity contribution in [1.82, 2.24) is 4.90 Å². The second-order valence-electron chi connectivity index (χ2n) is 6.53. The Labute approximate surface area is 114 Å². The number of epoxide rings is 1. The normalized spacial score (nSPS) is 18.7. The second-order valence-corrected chi connectivity index (χ2v) is 6.53. The minimum absolute atomic E-state index is 0.111. The van der Waals surface area contributed by atoms with E-state index in [2.05, 4.69) is 0 Å². The third-order valence-electron chi connectivity index (χ3n) is 2.02. The predicted octanol–water partition coefficient (Wildman–Crippen LogP) is 2.56. The molecule has 6 nitrogen and oxygen atoms in total. The number of carbonyl (C=O) groups excluding carboxylic acids is 2. The van der Waals surface area contributed by atoms with E-state index < -0.39 is 23.4 Å². The van der Waals surface area contributed by atoms with Gasteiger partial charge in [-0.15, -0.1) is 0 Å². The molecule has 1 heterocycles. The van der Waals surface area contributed by atoms with Crippen LogP contribution in [0.3, 0.4) is 0 Å². The van der Waals surface area contributed by atoms with E-state index in [0.717, 1.165) is 4.90 Å². The number of imide groups is 1. The third-order valence-corrected chi connectivity index (χ3v) is 2.02. The van der Waals surface area contributed by atoms with Gasteiger partial charge in [-0.2, -0.15) is 0 Å². The fourth-order valence-corrected chi connectivity index (χ4v) is 1.23. The zero-order valence-electron chi connectivity index (χ0n) is 12.5. The van der Waals surface area contributed by atoms with E-state index in [1.807, 2.05) is 0 Å². The van der Waals surface area contributed by atoms with E-state index in [-0.39, 0.29) is 12.6 Å². The number of amides is 2. The number of carbonyl (C=O) groups is 2. The van der Waals surface area contributed by atoms with Gasteiger partial charge >= 0.3 is 12.2 Å². The van der Waals surface area contributed by atoms with Crippen LogP contribution in [0.2, 0.25) is 0 Å². The Morgan fingerprint density at radius 3 is 1.68 bits per heavy atom. The van der Waals surface area contributed by atoms with Gasteiger partial charge in [0.2, 0.25) is 0 Å². The average Bonchev–Trinajstić information content (AvgIpc) is 2.90. The summed E-state index contributed by atoms with van der Waals surface area (Å²) in [4.78, 5) is 24.9.